The number of amides is 2. The van der Waals surface area contributed by atoms with Crippen LogP contribution >= 0.6 is 0 Å². The summed E-state index contributed by atoms with van der Waals surface area (Å²) in [6, 6.07) is 31.5. The molecule has 1 aliphatic rings. The van der Waals surface area contributed by atoms with Gasteiger partial charge < -0.3 is 9.84 Å². The van der Waals surface area contributed by atoms with Gasteiger partial charge in [-0.25, -0.2) is 4.79 Å². The van der Waals surface area contributed by atoms with Crippen LogP contribution in [-0.2, 0) is 11.3 Å². The molecular formula is C36H38N4O5. The molecule has 5 rings (SSSR count). The minimum atomic E-state index is -0.566. The molecule has 9 heteroatoms. The molecule has 45 heavy (non-hydrogen) atoms. The standard InChI is InChI=1S/C36H38N4O5/c1-24-22-40(25(2)21-39(24)23-26-9-5-4-6-10-26)33(29-11-8-14-32(41)20-29)27-15-17-28(18-16-27)34(42)37-38-35(43)30-12-7-13-31(19-30)36(44)45-3/h4-20,24-25,33,41H,21-23H2,1-3H3,(H,37,42)(H,38,43). The Morgan fingerprint density at radius 2 is 1.42 bits per heavy atom. The van der Waals surface area contributed by atoms with Crippen LogP contribution in [-0.4, -0.2) is 65.0 Å². The van der Waals surface area contributed by atoms with Gasteiger partial charge in [0.1, 0.15) is 5.75 Å². The minimum absolute atomic E-state index is 0.146. The van der Waals surface area contributed by atoms with Gasteiger partial charge in [0.05, 0.1) is 18.7 Å². The van der Waals surface area contributed by atoms with Crippen LogP contribution in [0.5, 0.6) is 5.75 Å². The molecule has 0 aromatic heterocycles. The van der Waals surface area contributed by atoms with E-state index in [1.165, 1.54) is 24.8 Å². The van der Waals surface area contributed by atoms with E-state index < -0.39 is 17.8 Å². The number of esters is 1. The van der Waals surface area contributed by atoms with Crippen molar-refractivity contribution in [3.8, 4) is 5.75 Å². The quantitative estimate of drug-likeness (QED) is 0.193. The summed E-state index contributed by atoms with van der Waals surface area (Å²) in [7, 11) is 1.26. The largest absolute Gasteiger partial charge is 0.508 e. The van der Waals surface area contributed by atoms with Gasteiger partial charge in [-0.15, -0.1) is 0 Å². The molecule has 0 spiro atoms. The number of aromatic hydroxyl groups is 1. The summed E-state index contributed by atoms with van der Waals surface area (Å²) < 4.78 is 4.71. The zero-order valence-electron chi connectivity index (χ0n) is 25.6. The van der Waals surface area contributed by atoms with Crippen molar-refractivity contribution in [1.82, 2.24) is 20.7 Å². The Bertz CT molecular complexity index is 1640. The molecule has 2 amide bonds. The van der Waals surface area contributed by atoms with Crippen molar-refractivity contribution >= 4 is 17.8 Å². The predicted molar refractivity (Wildman–Crippen MR) is 172 cm³/mol. The molecule has 3 unspecified atom stereocenters. The van der Waals surface area contributed by atoms with E-state index >= 15 is 0 Å². The molecule has 4 aromatic carbocycles. The molecule has 0 saturated carbocycles. The zero-order valence-corrected chi connectivity index (χ0v) is 25.6. The van der Waals surface area contributed by atoms with E-state index in [0.717, 1.165) is 30.8 Å². The van der Waals surface area contributed by atoms with Gasteiger partial charge >= 0.3 is 5.97 Å². The first kappa shape index (κ1) is 31.4. The number of phenols is 1. The van der Waals surface area contributed by atoms with Gasteiger partial charge in [0.15, 0.2) is 0 Å². The normalized spacial score (nSPS) is 17.7. The summed E-state index contributed by atoms with van der Waals surface area (Å²) in [5, 5.41) is 10.4. The summed E-state index contributed by atoms with van der Waals surface area (Å²) in [6.45, 7) is 7.06. The third-order valence-corrected chi connectivity index (χ3v) is 8.23. The Morgan fingerprint density at radius 3 is 2.11 bits per heavy atom. The highest BCUT2D eigenvalue weighted by Crippen LogP contribution is 2.35. The lowest BCUT2D eigenvalue weighted by molar-refractivity contribution is 0.0195. The highest BCUT2D eigenvalue weighted by atomic mass is 16.5. The SMILES string of the molecule is COC(=O)c1cccc(C(=O)NNC(=O)c2ccc(C(c3cccc(O)c3)N3CC(C)N(Cc4ccccc4)CC3C)cc2)c1. The van der Waals surface area contributed by atoms with Crippen LogP contribution in [0.15, 0.2) is 103 Å². The number of carbonyl (C=O) groups is 3. The number of carbonyl (C=O) groups excluding carboxylic acids is 3. The van der Waals surface area contributed by atoms with Crippen molar-refractivity contribution in [2.45, 2.75) is 38.5 Å². The fourth-order valence-corrected chi connectivity index (χ4v) is 5.87. The number of rotatable bonds is 8. The number of hydrogen-bond acceptors (Lipinski definition) is 7. The van der Waals surface area contributed by atoms with Gasteiger partial charge in [0.2, 0.25) is 0 Å². The summed E-state index contributed by atoms with van der Waals surface area (Å²) in [4.78, 5) is 42.3. The second-order valence-electron chi connectivity index (χ2n) is 11.4. The second kappa shape index (κ2) is 14.2. The Labute approximate surface area is 263 Å². The first-order valence-corrected chi connectivity index (χ1v) is 14.9. The molecule has 0 bridgehead atoms. The maximum absolute atomic E-state index is 12.9. The van der Waals surface area contributed by atoms with Crippen LogP contribution < -0.4 is 10.9 Å². The number of nitrogens with zero attached hydrogens (tertiary/aromatic N) is 2. The molecule has 3 atom stereocenters. The monoisotopic (exact) mass is 606 g/mol. The van der Waals surface area contributed by atoms with Crippen LogP contribution in [0.4, 0.5) is 0 Å². The summed E-state index contributed by atoms with van der Waals surface area (Å²) in [5.74, 6) is -1.41. The zero-order chi connectivity index (χ0) is 31.9. The van der Waals surface area contributed by atoms with Gasteiger partial charge in [0, 0.05) is 42.8 Å². The molecule has 0 aliphatic carbocycles. The fourth-order valence-electron chi connectivity index (χ4n) is 5.87. The third kappa shape index (κ3) is 7.57. The van der Waals surface area contributed by atoms with Crippen molar-refractivity contribution in [3.63, 3.8) is 0 Å². The van der Waals surface area contributed by atoms with E-state index in [-0.39, 0.29) is 29.0 Å². The average molecular weight is 607 g/mol. The summed E-state index contributed by atoms with van der Waals surface area (Å²) in [6.07, 6.45) is 0. The first-order chi connectivity index (χ1) is 21.7. The summed E-state index contributed by atoms with van der Waals surface area (Å²) >= 11 is 0. The van der Waals surface area contributed by atoms with E-state index in [4.69, 9.17) is 4.74 Å². The Balaban J connectivity index is 1.30. The average Bonchev–Trinajstić information content (AvgIpc) is 3.06. The number of nitrogens with one attached hydrogen (secondary N) is 2. The van der Waals surface area contributed by atoms with E-state index in [0.29, 0.717) is 11.6 Å². The summed E-state index contributed by atoms with van der Waals surface area (Å²) in [5.41, 5.74) is 8.88. The number of hydrogen-bond donors (Lipinski definition) is 3. The number of ether oxygens (including phenoxy) is 1. The van der Waals surface area contributed by atoms with Crippen molar-refractivity contribution < 1.29 is 24.2 Å². The van der Waals surface area contributed by atoms with Gasteiger partial charge in [0.25, 0.3) is 11.8 Å². The Morgan fingerprint density at radius 1 is 0.756 bits per heavy atom. The topological polar surface area (TPSA) is 111 Å². The van der Waals surface area contributed by atoms with E-state index in [1.807, 2.05) is 30.3 Å². The lowest BCUT2D eigenvalue weighted by Crippen LogP contribution is -2.56. The number of methoxy groups -OCH3 is 1. The molecule has 3 N–H and O–H groups in total. The molecule has 0 radical (unpaired) electrons. The van der Waals surface area contributed by atoms with Gasteiger partial charge in [-0.1, -0.05) is 60.7 Å². The molecule has 1 heterocycles. The van der Waals surface area contributed by atoms with E-state index in [9.17, 15) is 19.5 Å². The fraction of sp³-hybridized carbons (Fsp3) is 0.250. The number of hydrazine groups is 1. The molecule has 4 aromatic rings. The second-order valence-corrected chi connectivity index (χ2v) is 11.4. The van der Waals surface area contributed by atoms with E-state index in [2.05, 4.69) is 58.8 Å². The number of phenolic OH excluding ortho intramolecular Hbond substituents is 1. The molecule has 9 nitrogen and oxygen atoms in total. The first-order valence-electron chi connectivity index (χ1n) is 14.9. The van der Waals surface area contributed by atoms with Gasteiger partial charge in [-0.2, -0.15) is 0 Å². The van der Waals surface area contributed by atoms with Crippen molar-refractivity contribution in [2.24, 2.45) is 0 Å². The predicted octanol–water partition coefficient (Wildman–Crippen LogP) is 4.94. The van der Waals surface area contributed by atoms with E-state index in [1.54, 1.807) is 36.4 Å². The lowest BCUT2D eigenvalue weighted by atomic mass is 9.92. The molecule has 232 valence electrons. The lowest BCUT2D eigenvalue weighted by Gasteiger charge is -2.47. The Hall–Kier alpha value is -4.99. The molecule has 1 fully saturated rings. The highest BCUT2D eigenvalue weighted by Gasteiger charge is 2.35. The van der Waals surface area contributed by atoms with Crippen LogP contribution in [0.25, 0.3) is 0 Å². The molecular weight excluding hydrogens is 568 g/mol. The van der Waals surface area contributed by atoms with Crippen molar-refractivity contribution in [2.75, 3.05) is 20.2 Å². The third-order valence-electron chi connectivity index (χ3n) is 8.23. The number of benzene rings is 4. The molecule has 1 saturated heterocycles. The van der Waals surface area contributed by atoms with Crippen LogP contribution in [0, 0.1) is 0 Å². The minimum Gasteiger partial charge on any atom is -0.508 e. The van der Waals surface area contributed by atoms with Crippen LogP contribution in [0.3, 0.4) is 0 Å². The maximum Gasteiger partial charge on any atom is 0.337 e. The Kier molecular flexibility index (Phi) is 9.92. The van der Waals surface area contributed by atoms with Gasteiger partial charge in [-0.05, 0) is 73.0 Å². The van der Waals surface area contributed by atoms with Crippen molar-refractivity contribution in [3.05, 3.63) is 137 Å². The van der Waals surface area contributed by atoms with Crippen LogP contribution in [0.1, 0.15) is 67.7 Å². The van der Waals surface area contributed by atoms with Crippen LogP contribution in [0.2, 0.25) is 0 Å². The maximum atomic E-state index is 12.9. The highest BCUT2D eigenvalue weighted by molar-refractivity contribution is 6.00. The van der Waals surface area contributed by atoms with Crippen molar-refractivity contribution in [1.29, 1.82) is 0 Å². The molecule has 1 aliphatic heterocycles. The smallest absolute Gasteiger partial charge is 0.337 e. The van der Waals surface area contributed by atoms with Gasteiger partial charge in [-0.3, -0.25) is 30.2 Å². The number of piperazine rings is 1.